The van der Waals surface area contributed by atoms with E-state index in [2.05, 4.69) is 33.5 Å². The first kappa shape index (κ1) is 15.9. The zero-order valence-corrected chi connectivity index (χ0v) is 13.9. The molecule has 3 rings (SSSR count). The van der Waals surface area contributed by atoms with Crippen LogP contribution in [-0.2, 0) is 11.3 Å². The Labute approximate surface area is 137 Å². The second-order valence-corrected chi connectivity index (χ2v) is 6.17. The minimum Gasteiger partial charge on any atom is -0.497 e. The lowest BCUT2D eigenvalue weighted by Crippen LogP contribution is -2.40. The van der Waals surface area contributed by atoms with Crippen molar-refractivity contribution in [1.82, 2.24) is 15.2 Å². The van der Waals surface area contributed by atoms with Gasteiger partial charge in [0.15, 0.2) is 0 Å². The Balaban J connectivity index is 1.64. The van der Waals surface area contributed by atoms with E-state index in [-0.39, 0.29) is 11.8 Å². The number of fused-ring (bicyclic) bond motifs is 1. The van der Waals surface area contributed by atoms with Gasteiger partial charge in [0.25, 0.3) is 0 Å². The van der Waals surface area contributed by atoms with Crippen molar-refractivity contribution in [2.24, 2.45) is 5.92 Å². The highest BCUT2D eigenvalue weighted by Crippen LogP contribution is 2.26. The number of likely N-dealkylation sites (tertiary alicyclic amines) is 1. The smallest absolute Gasteiger partial charge is 0.223 e. The van der Waals surface area contributed by atoms with Crippen LogP contribution in [0.1, 0.15) is 25.3 Å². The number of nitrogens with zero attached hydrogens (tertiary/aromatic N) is 1. The average molecular weight is 315 g/mol. The van der Waals surface area contributed by atoms with Gasteiger partial charge in [-0.3, -0.25) is 9.69 Å². The molecule has 23 heavy (non-hydrogen) atoms. The molecule has 2 N–H and O–H groups in total. The molecule has 1 fully saturated rings. The van der Waals surface area contributed by atoms with Gasteiger partial charge in [0.1, 0.15) is 5.75 Å². The van der Waals surface area contributed by atoms with Crippen LogP contribution >= 0.6 is 0 Å². The van der Waals surface area contributed by atoms with Gasteiger partial charge in [0.05, 0.1) is 7.11 Å². The molecular formula is C18H25N3O2. The second-order valence-electron chi connectivity index (χ2n) is 6.17. The fourth-order valence-electron chi connectivity index (χ4n) is 3.33. The number of methoxy groups -OCH3 is 1. The first-order valence-corrected chi connectivity index (χ1v) is 8.35. The number of carbonyl (C=O) groups is 1. The number of amides is 1. The van der Waals surface area contributed by atoms with E-state index in [1.54, 1.807) is 7.11 Å². The van der Waals surface area contributed by atoms with Gasteiger partial charge in [0, 0.05) is 36.1 Å². The van der Waals surface area contributed by atoms with Crippen molar-refractivity contribution in [1.29, 1.82) is 0 Å². The summed E-state index contributed by atoms with van der Waals surface area (Å²) in [5, 5.41) is 4.15. The Hall–Kier alpha value is -2.01. The van der Waals surface area contributed by atoms with Gasteiger partial charge >= 0.3 is 0 Å². The van der Waals surface area contributed by atoms with E-state index in [4.69, 9.17) is 4.74 Å². The Morgan fingerprint density at radius 2 is 2.17 bits per heavy atom. The number of aromatic amines is 1. The molecule has 0 saturated carbocycles. The first-order chi connectivity index (χ1) is 11.2. The van der Waals surface area contributed by atoms with Gasteiger partial charge in [0.2, 0.25) is 5.91 Å². The molecule has 1 saturated heterocycles. The van der Waals surface area contributed by atoms with Crippen molar-refractivity contribution in [3.8, 4) is 5.75 Å². The van der Waals surface area contributed by atoms with Crippen LogP contribution in [0.15, 0.2) is 24.4 Å². The van der Waals surface area contributed by atoms with E-state index in [1.807, 2.05) is 13.0 Å². The van der Waals surface area contributed by atoms with Gasteiger partial charge in [-0.1, -0.05) is 0 Å². The summed E-state index contributed by atoms with van der Waals surface area (Å²) in [6.07, 6.45) is 3.97. The highest BCUT2D eigenvalue weighted by atomic mass is 16.5. The van der Waals surface area contributed by atoms with E-state index in [9.17, 15) is 4.79 Å². The number of nitrogens with one attached hydrogen (secondary N) is 2. The minimum atomic E-state index is 0.175. The number of hydrogen-bond donors (Lipinski definition) is 2. The molecule has 124 valence electrons. The summed E-state index contributed by atoms with van der Waals surface area (Å²) in [7, 11) is 1.69. The van der Waals surface area contributed by atoms with E-state index in [1.165, 1.54) is 10.9 Å². The van der Waals surface area contributed by atoms with Crippen LogP contribution in [-0.4, -0.2) is 42.5 Å². The number of carbonyl (C=O) groups excluding carboxylic acids is 1. The third-order valence-electron chi connectivity index (χ3n) is 4.68. The standard InChI is InChI=1S/C18H25N3O2/c1-3-19-18(22)13-6-8-21(9-7-13)12-14-11-20-17-5-4-15(23-2)10-16(14)17/h4-5,10-11,13,20H,3,6-9,12H2,1-2H3,(H,19,22). The fraction of sp³-hybridized carbons (Fsp3) is 0.500. The maximum absolute atomic E-state index is 11.9. The van der Waals surface area contributed by atoms with Crippen LogP contribution in [0.5, 0.6) is 5.75 Å². The number of H-pyrrole nitrogens is 1. The molecule has 1 aromatic carbocycles. The van der Waals surface area contributed by atoms with E-state index in [0.717, 1.165) is 50.3 Å². The molecule has 5 nitrogen and oxygen atoms in total. The predicted octanol–water partition coefficient (Wildman–Crippen LogP) is 2.52. The second kappa shape index (κ2) is 7.04. The van der Waals surface area contributed by atoms with Crippen LogP contribution in [0.4, 0.5) is 0 Å². The SMILES string of the molecule is CCNC(=O)C1CCN(Cc2c[nH]c3ccc(OC)cc23)CC1. The highest BCUT2D eigenvalue weighted by molar-refractivity contribution is 5.84. The summed E-state index contributed by atoms with van der Waals surface area (Å²) < 4.78 is 5.33. The van der Waals surface area contributed by atoms with Crippen molar-refractivity contribution < 1.29 is 9.53 Å². The number of rotatable bonds is 5. The maximum atomic E-state index is 11.9. The fourth-order valence-corrected chi connectivity index (χ4v) is 3.33. The third kappa shape index (κ3) is 3.50. The van der Waals surface area contributed by atoms with Crippen molar-refractivity contribution >= 4 is 16.8 Å². The molecule has 1 aliphatic heterocycles. The van der Waals surface area contributed by atoms with Crippen molar-refractivity contribution in [3.05, 3.63) is 30.0 Å². The molecule has 0 atom stereocenters. The number of piperidine rings is 1. The Morgan fingerprint density at radius 1 is 1.39 bits per heavy atom. The average Bonchev–Trinajstić information content (AvgIpc) is 2.98. The summed E-state index contributed by atoms with van der Waals surface area (Å²) in [6, 6.07) is 6.11. The van der Waals surface area contributed by atoms with Gasteiger partial charge in [-0.2, -0.15) is 0 Å². The topological polar surface area (TPSA) is 57.4 Å². The quantitative estimate of drug-likeness (QED) is 0.891. The summed E-state index contributed by atoms with van der Waals surface area (Å²) in [5.74, 6) is 1.27. The summed E-state index contributed by atoms with van der Waals surface area (Å²) in [4.78, 5) is 17.7. The summed E-state index contributed by atoms with van der Waals surface area (Å²) >= 11 is 0. The Kier molecular flexibility index (Phi) is 4.86. The third-order valence-corrected chi connectivity index (χ3v) is 4.68. The van der Waals surface area contributed by atoms with Crippen LogP contribution in [0, 0.1) is 5.92 Å². The normalized spacial score (nSPS) is 16.6. The van der Waals surface area contributed by atoms with Gasteiger partial charge in [-0.05, 0) is 56.6 Å². The monoisotopic (exact) mass is 315 g/mol. The number of benzene rings is 1. The molecule has 0 radical (unpaired) electrons. The summed E-state index contributed by atoms with van der Waals surface area (Å²) in [6.45, 7) is 5.54. The van der Waals surface area contributed by atoms with E-state index in [0.29, 0.717) is 0 Å². The molecule has 5 heteroatoms. The lowest BCUT2D eigenvalue weighted by molar-refractivity contribution is -0.126. The molecule has 1 aromatic heterocycles. The Morgan fingerprint density at radius 3 is 2.87 bits per heavy atom. The zero-order valence-electron chi connectivity index (χ0n) is 13.9. The molecule has 2 aromatic rings. The van der Waals surface area contributed by atoms with E-state index < -0.39 is 0 Å². The van der Waals surface area contributed by atoms with Crippen molar-refractivity contribution in [2.45, 2.75) is 26.3 Å². The molecule has 0 spiro atoms. The van der Waals surface area contributed by atoms with E-state index >= 15 is 0 Å². The maximum Gasteiger partial charge on any atom is 0.223 e. The van der Waals surface area contributed by atoms with Crippen molar-refractivity contribution in [3.63, 3.8) is 0 Å². The van der Waals surface area contributed by atoms with Gasteiger partial charge < -0.3 is 15.0 Å². The number of ether oxygens (including phenoxy) is 1. The number of aromatic nitrogens is 1. The van der Waals surface area contributed by atoms with Crippen LogP contribution in [0.2, 0.25) is 0 Å². The van der Waals surface area contributed by atoms with Crippen LogP contribution in [0.3, 0.4) is 0 Å². The number of hydrogen-bond acceptors (Lipinski definition) is 3. The van der Waals surface area contributed by atoms with Gasteiger partial charge in [-0.15, -0.1) is 0 Å². The minimum absolute atomic E-state index is 0.175. The van der Waals surface area contributed by atoms with Crippen LogP contribution in [0.25, 0.3) is 10.9 Å². The van der Waals surface area contributed by atoms with Crippen molar-refractivity contribution in [2.75, 3.05) is 26.7 Å². The molecule has 0 bridgehead atoms. The molecule has 0 aliphatic carbocycles. The van der Waals surface area contributed by atoms with Gasteiger partial charge in [-0.25, -0.2) is 0 Å². The lowest BCUT2D eigenvalue weighted by atomic mass is 9.95. The lowest BCUT2D eigenvalue weighted by Gasteiger charge is -2.31. The summed E-state index contributed by atoms with van der Waals surface area (Å²) in [5.41, 5.74) is 2.42. The Bertz CT molecular complexity index is 672. The molecule has 1 aliphatic rings. The molecular weight excluding hydrogens is 290 g/mol. The zero-order chi connectivity index (χ0) is 16.2. The van der Waals surface area contributed by atoms with Crippen LogP contribution < -0.4 is 10.1 Å². The molecule has 2 heterocycles. The highest BCUT2D eigenvalue weighted by Gasteiger charge is 2.24. The predicted molar refractivity (Wildman–Crippen MR) is 91.5 cm³/mol. The first-order valence-electron chi connectivity index (χ1n) is 8.35. The molecule has 0 unspecified atom stereocenters. The largest absolute Gasteiger partial charge is 0.497 e. The molecule has 1 amide bonds.